The van der Waals surface area contributed by atoms with Gasteiger partial charge in [0, 0.05) is 11.9 Å². The van der Waals surface area contributed by atoms with Crippen LogP contribution in [0.1, 0.15) is 24.5 Å². The number of carboxylic acid groups (broad SMARTS) is 1. The molecule has 0 saturated heterocycles. The van der Waals surface area contributed by atoms with Crippen LogP contribution >= 0.6 is 11.3 Å². The molecular formula is C16H20N2O3S. The average Bonchev–Trinajstić information content (AvgIpc) is 2.93. The quantitative estimate of drug-likeness (QED) is 0.782. The van der Waals surface area contributed by atoms with Crippen molar-refractivity contribution in [3.63, 3.8) is 0 Å². The van der Waals surface area contributed by atoms with Gasteiger partial charge in [0.05, 0.1) is 5.69 Å². The zero-order valence-electron chi connectivity index (χ0n) is 12.7. The number of carboxylic acids is 1. The largest absolute Gasteiger partial charge is 0.486 e. The Bertz CT molecular complexity index is 598. The SMILES string of the molecule is CC(C)[C@H](NCc1csc(COc2ccccc2)n1)C(=O)O. The molecule has 0 fully saturated rings. The first kappa shape index (κ1) is 16.5. The molecule has 0 aliphatic rings. The van der Waals surface area contributed by atoms with Gasteiger partial charge in [0.1, 0.15) is 23.4 Å². The van der Waals surface area contributed by atoms with Crippen molar-refractivity contribution in [3.8, 4) is 5.75 Å². The first-order chi connectivity index (χ1) is 10.6. The van der Waals surface area contributed by atoms with Crippen LogP contribution in [0, 0.1) is 5.92 Å². The second-order valence-corrected chi connectivity index (χ2v) is 6.22. The first-order valence-electron chi connectivity index (χ1n) is 7.13. The van der Waals surface area contributed by atoms with Crippen LogP contribution in [0.4, 0.5) is 0 Å². The molecule has 2 aromatic rings. The Balaban J connectivity index is 1.85. The Hall–Kier alpha value is -1.92. The average molecular weight is 320 g/mol. The van der Waals surface area contributed by atoms with Crippen LogP contribution in [-0.2, 0) is 17.9 Å². The van der Waals surface area contributed by atoms with E-state index < -0.39 is 12.0 Å². The molecule has 1 aromatic heterocycles. The van der Waals surface area contributed by atoms with Gasteiger partial charge >= 0.3 is 5.97 Å². The number of nitrogens with one attached hydrogen (secondary N) is 1. The molecule has 1 atom stereocenters. The monoisotopic (exact) mass is 320 g/mol. The van der Waals surface area contributed by atoms with Gasteiger partial charge in [-0.25, -0.2) is 4.98 Å². The molecule has 5 nitrogen and oxygen atoms in total. The summed E-state index contributed by atoms with van der Waals surface area (Å²) in [6.07, 6.45) is 0. The highest BCUT2D eigenvalue weighted by atomic mass is 32.1. The molecule has 2 N–H and O–H groups in total. The molecule has 0 aliphatic heterocycles. The maximum absolute atomic E-state index is 11.1. The highest BCUT2D eigenvalue weighted by Gasteiger charge is 2.20. The van der Waals surface area contributed by atoms with Crippen LogP contribution in [0.3, 0.4) is 0 Å². The Labute approximate surface area is 134 Å². The number of aliphatic carboxylic acids is 1. The van der Waals surface area contributed by atoms with Gasteiger partial charge in [-0.15, -0.1) is 11.3 Å². The van der Waals surface area contributed by atoms with E-state index in [0.29, 0.717) is 13.2 Å². The lowest BCUT2D eigenvalue weighted by Crippen LogP contribution is -2.40. The van der Waals surface area contributed by atoms with E-state index in [0.717, 1.165) is 16.5 Å². The van der Waals surface area contributed by atoms with Crippen LogP contribution < -0.4 is 10.1 Å². The molecule has 0 unspecified atom stereocenters. The molecule has 1 aromatic carbocycles. The van der Waals surface area contributed by atoms with Crippen LogP contribution in [0.5, 0.6) is 5.75 Å². The van der Waals surface area contributed by atoms with Gasteiger partial charge in [-0.05, 0) is 18.1 Å². The highest BCUT2D eigenvalue weighted by Crippen LogP contribution is 2.15. The Kier molecular flexibility index (Phi) is 5.91. The molecule has 0 saturated carbocycles. The normalized spacial score (nSPS) is 12.3. The Morgan fingerprint density at radius 3 is 2.73 bits per heavy atom. The molecule has 1 heterocycles. The standard InChI is InChI=1S/C16H20N2O3S/c1-11(2)15(16(19)20)17-8-12-10-22-14(18-12)9-21-13-6-4-3-5-7-13/h3-7,10-11,15,17H,8-9H2,1-2H3,(H,19,20)/t15-/m0/s1. The minimum absolute atomic E-state index is 0.0250. The maximum atomic E-state index is 11.1. The van der Waals surface area contributed by atoms with Crippen molar-refractivity contribution in [1.29, 1.82) is 0 Å². The van der Waals surface area contributed by atoms with E-state index in [9.17, 15) is 4.79 Å². The number of benzene rings is 1. The number of rotatable bonds is 8. The minimum atomic E-state index is -0.835. The number of carbonyl (C=O) groups is 1. The molecule has 0 radical (unpaired) electrons. The predicted molar refractivity (Wildman–Crippen MR) is 86.0 cm³/mol. The van der Waals surface area contributed by atoms with Crippen molar-refractivity contribution in [1.82, 2.24) is 10.3 Å². The smallest absolute Gasteiger partial charge is 0.320 e. The second kappa shape index (κ2) is 7.91. The Morgan fingerprint density at radius 1 is 1.36 bits per heavy atom. The molecule has 0 bridgehead atoms. The summed E-state index contributed by atoms with van der Waals surface area (Å²) < 4.78 is 5.64. The zero-order chi connectivity index (χ0) is 15.9. The van der Waals surface area contributed by atoms with Gasteiger partial charge in [-0.1, -0.05) is 32.0 Å². The van der Waals surface area contributed by atoms with Gasteiger partial charge < -0.3 is 9.84 Å². The van der Waals surface area contributed by atoms with Crippen molar-refractivity contribution < 1.29 is 14.6 Å². The molecule has 6 heteroatoms. The second-order valence-electron chi connectivity index (χ2n) is 5.28. The van der Waals surface area contributed by atoms with Gasteiger partial charge in [0.25, 0.3) is 0 Å². The lowest BCUT2D eigenvalue weighted by molar-refractivity contribution is -0.140. The summed E-state index contributed by atoms with van der Waals surface area (Å²) in [6, 6.07) is 9.01. The number of ether oxygens (including phenoxy) is 1. The van der Waals surface area contributed by atoms with E-state index in [1.807, 2.05) is 49.6 Å². The lowest BCUT2D eigenvalue weighted by Gasteiger charge is -2.16. The molecular weight excluding hydrogens is 300 g/mol. The number of para-hydroxylation sites is 1. The summed E-state index contributed by atoms with van der Waals surface area (Å²) in [4.78, 5) is 15.6. The summed E-state index contributed by atoms with van der Waals surface area (Å²) in [7, 11) is 0. The van der Waals surface area contributed by atoms with Crippen molar-refractivity contribution in [2.24, 2.45) is 5.92 Å². The summed E-state index contributed by atoms with van der Waals surface area (Å²) in [5.41, 5.74) is 0.837. The van der Waals surface area contributed by atoms with E-state index in [1.165, 1.54) is 11.3 Å². The van der Waals surface area contributed by atoms with Gasteiger partial charge in [-0.2, -0.15) is 0 Å². The van der Waals surface area contributed by atoms with Crippen molar-refractivity contribution >= 4 is 17.3 Å². The van der Waals surface area contributed by atoms with Crippen LogP contribution in [0.2, 0.25) is 0 Å². The fraction of sp³-hybridized carbons (Fsp3) is 0.375. The highest BCUT2D eigenvalue weighted by molar-refractivity contribution is 7.09. The van der Waals surface area contributed by atoms with Crippen molar-refractivity contribution in [2.75, 3.05) is 0 Å². The fourth-order valence-electron chi connectivity index (χ4n) is 1.98. The van der Waals surface area contributed by atoms with Crippen LogP contribution in [-0.4, -0.2) is 22.1 Å². The zero-order valence-corrected chi connectivity index (χ0v) is 13.5. The van der Waals surface area contributed by atoms with E-state index >= 15 is 0 Å². The van der Waals surface area contributed by atoms with Gasteiger partial charge in [-0.3, -0.25) is 10.1 Å². The molecule has 0 aliphatic carbocycles. The van der Waals surface area contributed by atoms with Crippen LogP contribution in [0.15, 0.2) is 35.7 Å². The number of hydrogen-bond acceptors (Lipinski definition) is 5. The third-order valence-corrected chi connectivity index (χ3v) is 4.01. The van der Waals surface area contributed by atoms with Crippen molar-refractivity contribution in [2.45, 2.75) is 33.0 Å². The summed E-state index contributed by atoms with van der Waals surface area (Å²) in [5, 5.41) is 15.0. The topological polar surface area (TPSA) is 71.5 Å². The summed E-state index contributed by atoms with van der Waals surface area (Å²) in [5.74, 6) is -0.00184. The van der Waals surface area contributed by atoms with E-state index in [2.05, 4.69) is 10.3 Å². The van der Waals surface area contributed by atoms with Gasteiger partial charge in [0.2, 0.25) is 0 Å². The molecule has 2 rings (SSSR count). The molecule has 22 heavy (non-hydrogen) atoms. The molecule has 118 valence electrons. The maximum Gasteiger partial charge on any atom is 0.320 e. The number of nitrogens with zero attached hydrogens (tertiary/aromatic N) is 1. The fourth-order valence-corrected chi connectivity index (χ4v) is 2.69. The van der Waals surface area contributed by atoms with Crippen molar-refractivity contribution in [3.05, 3.63) is 46.4 Å². The van der Waals surface area contributed by atoms with Gasteiger partial charge in [0.15, 0.2) is 0 Å². The third kappa shape index (κ3) is 4.82. The van der Waals surface area contributed by atoms with Crippen LogP contribution in [0.25, 0.3) is 0 Å². The Morgan fingerprint density at radius 2 is 2.09 bits per heavy atom. The van der Waals surface area contributed by atoms with E-state index in [4.69, 9.17) is 9.84 Å². The van der Waals surface area contributed by atoms with E-state index in [-0.39, 0.29) is 5.92 Å². The summed E-state index contributed by atoms with van der Waals surface area (Å²) in [6.45, 7) is 4.62. The predicted octanol–water partition coefficient (Wildman–Crippen LogP) is 2.92. The molecule has 0 spiro atoms. The van der Waals surface area contributed by atoms with E-state index in [1.54, 1.807) is 0 Å². The molecule has 0 amide bonds. The first-order valence-corrected chi connectivity index (χ1v) is 8.01. The minimum Gasteiger partial charge on any atom is -0.486 e. The third-order valence-electron chi connectivity index (χ3n) is 3.14. The number of hydrogen-bond donors (Lipinski definition) is 2. The summed E-state index contributed by atoms with van der Waals surface area (Å²) >= 11 is 1.51. The number of thiazole rings is 1. The number of aromatic nitrogens is 1. The lowest BCUT2D eigenvalue weighted by atomic mass is 10.1.